The Kier molecular flexibility index (Phi) is 51.3. The number of carbonyl (C=O) groups excluding carboxylic acids is 3. The van der Waals surface area contributed by atoms with Gasteiger partial charge in [-0.25, -0.2) is 0 Å². The minimum absolute atomic E-state index is 0.0971. The van der Waals surface area contributed by atoms with Gasteiger partial charge in [0.05, 0.1) is 0 Å². The van der Waals surface area contributed by atoms with Gasteiger partial charge in [0.15, 0.2) is 6.10 Å². The topological polar surface area (TPSA) is 78.9 Å². The van der Waals surface area contributed by atoms with E-state index in [-0.39, 0.29) is 37.5 Å². The fraction of sp³-hybridized carbons (Fsp3) is 0.780. The maximum Gasteiger partial charge on any atom is 0.306 e. The average molecular weight is 909 g/mol. The molecule has 0 fully saturated rings. The third-order valence-electron chi connectivity index (χ3n) is 12.0. The Hall–Kier alpha value is -2.89. The Morgan fingerprint density at radius 1 is 0.323 bits per heavy atom. The Balaban J connectivity index is 4.37. The lowest BCUT2D eigenvalue weighted by molar-refractivity contribution is -0.166. The van der Waals surface area contributed by atoms with E-state index in [1.54, 1.807) is 0 Å². The second-order valence-electron chi connectivity index (χ2n) is 18.5. The van der Waals surface area contributed by atoms with Crippen molar-refractivity contribution in [3.63, 3.8) is 0 Å². The number of hydrogen-bond donors (Lipinski definition) is 0. The molecule has 0 aliphatic carbocycles. The summed E-state index contributed by atoms with van der Waals surface area (Å²) in [5.74, 6) is -0.982. The fourth-order valence-corrected chi connectivity index (χ4v) is 7.86. The molecule has 6 heteroatoms. The molecule has 0 rings (SSSR count). The molecule has 1 atom stereocenters. The molecule has 0 aromatic heterocycles. The van der Waals surface area contributed by atoms with Crippen molar-refractivity contribution in [3.8, 4) is 0 Å². The van der Waals surface area contributed by atoms with E-state index in [9.17, 15) is 14.4 Å². The molecule has 376 valence electrons. The number of carbonyl (C=O) groups is 3. The average Bonchev–Trinajstić information content (AvgIpc) is 3.30. The summed E-state index contributed by atoms with van der Waals surface area (Å²) in [5.41, 5.74) is 0. The van der Waals surface area contributed by atoms with Crippen molar-refractivity contribution in [2.45, 2.75) is 284 Å². The van der Waals surface area contributed by atoms with Gasteiger partial charge < -0.3 is 14.2 Å². The van der Waals surface area contributed by atoms with Crippen LogP contribution in [0, 0.1) is 0 Å². The van der Waals surface area contributed by atoms with Gasteiger partial charge in [-0.1, -0.05) is 248 Å². The monoisotopic (exact) mass is 909 g/mol. The van der Waals surface area contributed by atoms with Crippen molar-refractivity contribution in [1.82, 2.24) is 0 Å². The molecule has 6 nitrogen and oxygen atoms in total. The number of unbranched alkanes of at least 4 members (excludes halogenated alkanes) is 29. The summed E-state index contributed by atoms with van der Waals surface area (Å²) in [5, 5.41) is 0. The highest BCUT2D eigenvalue weighted by Crippen LogP contribution is 2.16. The highest BCUT2D eigenvalue weighted by Gasteiger charge is 2.19. The van der Waals surface area contributed by atoms with Crippen LogP contribution < -0.4 is 0 Å². The van der Waals surface area contributed by atoms with Crippen molar-refractivity contribution < 1.29 is 28.6 Å². The van der Waals surface area contributed by atoms with Gasteiger partial charge in [-0.15, -0.1) is 0 Å². The zero-order chi connectivity index (χ0) is 47.2. The molecule has 0 aromatic rings. The van der Waals surface area contributed by atoms with Crippen LogP contribution in [0.5, 0.6) is 0 Å². The molecule has 0 aromatic carbocycles. The second-order valence-corrected chi connectivity index (χ2v) is 18.5. The van der Waals surface area contributed by atoms with Crippen LogP contribution in [0.3, 0.4) is 0 Å². The van der Waals surface area contributed by atoms with Crippen molar-refractivity contribution >= 4 is 17.9 Å². The van der Waals surface area contributed by atoms with Crippen LogP contribution in [0.2, 0.25) is 0 Å². The highest BCUT2D eigenvalue weighted by atomic mass is 16.6. The number of rotatable bonds is 50. The lowest BCUT2D eigenvalue weighted by atomic mass is 10.0. The zero-order valence-electron chi connectivity index (χ0n) is 43.0. The van der Waals surface area contributed by atoms with E-state index >= 15 is 0 Å². The maximum absolute atomic E-state index is 12.8. The van der Waals surface area contributed by atoms with Gasteiger partial charge in [-0.05, 0) is 70.6 Å². The van der Waals surface area contributed by atoms with Crippen LogP contribution in [-0.2, 0) is 28.6 Å². The van der Waals surface area contributed by atoms with Gasteiger partial charge in [0.2, 0.25) is 0 Å². The smallest absolute Gasteiger partial charge is 0.306 e. The summed E-state index contributed by atoms with van der Waals surface area (Å²) in [6.45, 7) is 6.47. The highest BCUT2D eigenvalue weighted by molar-refractivity contribution is 5.71. The van der Waals surface area contributed by atoms with Crippen LogP contribution in [0.25, 0.3) is 0 Å². The summed E-state index contributed by atoms with van der Waals surface area (Å²) in [7, 11) is 0. The lowest BCUT2D eigenvalue weighted by Gasteiger charge is -2.18. The molecule has 0 saturated heterocycles. The van der Waals surface area contributed by atoms with Crippen molar-refractivity contribution in [3.05, 3.63) is 60.8 Å². The minimum Gasteiger partial charge on any atom is -0.462 e. The van der Waals surface area contributed by atoms with Gasteiger partial charge in [0.1, 0.15) is 13.2 Å². The van der Waals surface area contributed by atoms with Gasteiger partial charge in [0.25, 0.3) is 0 Å². The first-order valence-electron chi connectivity index (χ1n) is 27.8. The largest absolute Gasteiger partial charge is 0.462 e. The van der Waals surface area contributed by atoms with E-state index in [2.05, 4.69) is 75.5 Å². The second kappa shape index (κ2) is 53.7. The molecule has 0 aliphatic heterocycles. The molecule has 0 N–H and O–H groups in total. The van der Waals surface area contributed by atoms with Crippen LogP contribution in [0.4, 0.5) is 0 Å². The van der Waals surface area contributed by atoms with E-state index in [0.29, 0.717) is 19.3 Å². The summed E-state index contributed by atoms with van der Waals surface area (Å²) in [4.78, 5) is 38.0. The molecular formula is C59H104O6. The van der Waals surface area contributed by atoms with Crippen molar-refractivity contribution in [2.24, 2.45) is 0 Å². The molecule has 0 heterocycles. The van der Waals surface area contributed by atoms with E-state index in [0.717, 1.165) is 77.0 Å². The number of ether oxygens (including phenoxy) is 3. The Bertz CT molecular complexity index is 1180. The maximum atomic E-state index is 12.8. The molecule has 1 unspecified atom stereocenters. The van der Waals surface area contributed by atoms with E-state index in [1.807, 2.05) is 6.08 Å². The van der Waals surface area contributed by atoms with Crippen LogP contribution in [0.1, 0.15) is 278 Å². The van der Waals surface area contributed by atoms with Crippen LogP contribution in [0.15, 0.2) is 60.8 Å². The molecule has 0 bridgehead atoms. The quantitative estimate of drug-likeness (QED) is 0.0262. The number of hydrogen-bond acceptors (Lipinski definition) is 6. The molecule has 0 aliphatic rings. The summed E-state index contributed by atoms with van der Waals surface area (Å²) >= 11 is 0. The predicted octanol–water partition coefficient (Wildman–Crippen LogP) is 18.4. The predicted molar refractivity (Wildman–Crippen MR) is 279 cm³/mol. The summed E-state index contributed by atoms with van der Waals surface area (Å²) < 4.78 is 16.8. The van der Waals surface area contributed by atoms with E-state index in [4.69, 9.17) is 14.2 Å². The van der Waals surface area contributed by atoms with Crippen molar-refractivity contribution in [1.29, 1.82) is 0 Å². The zero-order valence-corrected chi connectivity index (χ0v) is 43.0. The summed E-state index contributed by atoms with van der Waals surface area (Å²) in [6.07, 6.45) is 66.6. The Morgan fingerprint density at radius 2 is 0.631 bits per heavy atom. The standard InChI is InChI=1S/C59H104O6/c1-4-7-10-13-16-19-22-25-27-28-29-30-31-32-35-37-40-43-46-49-52-58(61)64-55-56(54-63-57(60)51-48-45-42-39-36-33-24-21-18-15-12-9-6-3)65-59(62)53-50-47-44-41-38-34-26-23-20-17-14-11-8-5-2/h9,12,18,21,23,26,33,36,42,45,56H,4-8,10-11,13-17,19-20,22,24-25,27-32,34-35,37-41,43-44,46-55H2,1-3H3/b12-9-,21-18-,26-23-,36-33-,45-42-. The van der Waals surface area contributed by atoms with Gasteiger partial charge in [-0.2, -0.15) is 0 Å². The molecule has 0 spiro atoms. The lowest BCUT2D eigenvalue weighted by Crippen LogP contribution is -2.30. The van der Waals surface area contributed by atoms with Crippen LogP contribution in [-0.4, -0.2) is 37.2 Å². The molecular weight excluding hydrogens is 805 g/mol. The summed E-state index contributed by atoms with van der Waals surface area (Å²) in [6, 6.07) is 0. The number of esters is 3. The molecule has 0 radical (unpaired) electrons. The fourth-order valence-electron chi connectivity index (χ4n) is 7.86. The SMILES string of the molecule is CC/C=C\C/C=C\C/C=C\C/C=C\CCC(=O)OCC(COC(=O)CCCCCCCCCCCCCCCCCCCCCC)OC(=O)CCCCCCC/C=C\CCCCCCC. The molecule has 0 amide bonds. The normalized spacial score (nSPS) is 12.5. The Morgan fingerprint density at radius 3 is 1.03 bits per heavy atom. The van der Waals surface area contributed by atoms with E-state index in [1.165, 1.54) is 154 Å². The minimum atomic E-state index is -0.805. The van der Waals surface area contributed by atoms with E-state index < -0.39 is 6.10 Å². The first-order chi connectivity index (χ1) is 32.0. The molecule has 65 heavy (non-hydrogen) atoms. The first kappa shape index (κ1) is 62.1. The van der Waals surface area contributed by atoms with Gasteiger partial charge in [0, 0.05) is 19.3 Å². The first-order valence-corrected chi connectivity index (χ1v) is 27.8. The number of allylic oxidation sites excluding steroid dienone is 10. The Labute approximate surface area is 402 Å². The van der Waals surface area contributed by atoms with Gasteiger partial charge >= 0.3 is 17.9 Å². The van der Waals surface area contributed by atoms with Crippen molar-refractivity contribution in [2.75, 3.05) is 13.2 Å². The third-order valence-corrected chi connectivity index (χ3v) is 12.0. The molecule has 0 saturated carbocycles. The van der Waals surface area contributed by atoms with Crippen LogP contribution >= 0.6 is 0 Å². The van der Waals surface area contributed by atoms with Gasteiger partial charge in [-0.3, -0.25) is 14.4 Å². The third kappa shape index (κ3) is 51.9.